The summed E-state index contributed by atoms with van der Waals surface area (Å²) in [5.74, 6) is -0.330. The molecule has 226 valence electrons. The predicted molar refractivity (Wildman–Crippen MR) is 158 cm³/mol. The number of carbonyl (C=O) groups excluding carboxylic acids is 3. The number of piperidine rings is 1. The Morgan fingerprint density at radius 3 is 2.36 bits per heavy atom. The lowest BCUT2D eigenvalue weighted by Gasteiger charge is -2.43. The summed E-state index contributed by atoms with van der Waals surface area (Å²) in [6, 6.07) is 17.3. The molecule has 3 aliphatic heterocycles. The van der Waals surface area contributed by atoms with Gasteiger partial charge in [0.1, 0.15) is 17.7 Å². The molecule has 0 radical (unpaired) electrons. The van der Waals surface area contributed by atoms with Gasteiger partial charge in [-0.05, 0) is 63.4 Å². The highest BCUT2D eigenvalue weighted by atomic mass is 16.6. The highest BCUT2D eigenvalue weighted by Crippen LogP contribution is 2.40. The van der Waals surface area contributed by atoms with Crippen molar-refractivity contribution in [1.29, 1.82) is 0 Å². The van der Waals surface area contributed by atoms with Crippen molar-refractivity contribution in [2.45, 2.75) is 51.3 Å². The third-order valence-electron chi connectivity index (χ3n) is 8.10. The molecule has 3 heterocycles. The normalized spacial score (nSPS) is 19.3. The van der Waals surface area contributed by atoms with Gasteiger partial charge in [-0.3, -0.25) is 9.69 Å². The summed E-state index contributed by atoms with van der Waals surface area (Å²) in [5, 5.41) is 0. The molecule has 0 saturated carbocycles. The van der Waals surface area contributed by atoms with Gasteiger partial charge in [-0.2, -0.15) is 0 Å². The highest BCUT2D eigenvalue weighted by molar-refractivity contribution is 5.94. The molecule has 0 bridgehead atoms. The fourth-order valence-corrected chi connectivity index (χ4v) is 5.90. The van der Waals surface area contributed by atoms with Gasteiger partial charge in [-0.1, -0.05) is 30.3 Å². The van der Waals surface area contributed by atoms with Crippen molar-refractivity contribution in [2.75, 3.05) is 64.1 Å². The maximum atomic E-state index is 14.1. The Labute approximate surface area is 248 Å². The van der Waals surface area contributed by atoms with E-state index in [1.165, 1.54) is 0 Å². The van der Waals surface area contributed by atoms with Crippen LogP contribution in [0.3, 0.4) is 0 Å². The molecule has 0 N–H and O–H groups in total. The zero-order valence-electron chi connectivity index (χ0n) is 24.9. The van der Waals surface area contributed by atoms with Gasteiger partial charge in [0, 0.05) is 45.0 Å². The molecule has 42 heavy (non-hydrogen) atoms. The van der Waals surface area contributed by atoms with Crippen molar-refractivity contribution in [3.8, 4) is 0 Å². The Bertz CT molecular complexity index is 1250. The minimum atomic E-state index is -0.754. The van der Waals surface area contributed by atoms with Crippen LogP contribution in [-0.4, -0.2) is 103 Å². The van der Waals surface area contributed by atoms with Gasteiger partial charge in [0.05, 0.1) is 25.4 Å². The van der Waals surface area contributed by atoms with Gasteiger partial charge in [0.2, 0.25) is 5.91 Å². The standard InChI is InChI=1S/C32H42N4O6/c1-31(2,3)42-30(39)34-14-12-32(13-15-34)29(38)35(24-36(32)27-10-5-4-6-11-27)23-25-8-7-9-26(22-25)28(37)41-21-18-33-16-19-40-20-17-33/h4-11,22H,12-21,23-24H2,1-3H3. The maximum Gasteiger partial charge on any atom is 0.410 e. The van der Waals surface area contributed by atoms with Crippen molar-refractivity contribution < 1.29 is 28.6 Å². The Kier molecular flexibility index (Phi) is 9.03. The van der Waals surface area contributed by atoms with E-state index < -0.39 is 11.1 Å². The largest absolute Gasteiger partial charge is 0.461 e. The SMILES string of the molecule is CC(C)(C)OC(=O)N1CCC2(CC1)C(=O)N(Cc1cccc(C(=O)OCCN3CCOCC3)c1)CN2c1ccccc1. The van der Waals surface area contributed by atoms with Crippen LogP contribution in [0, 0.1) is 0 Å². The highest BCUT2D eigenvalue weighted by Gasteiger charge is 2.54. The number of benzene rings is 2. The number of para-hydroxylation sites is 1. The second kappa shape index (κ2) is 12.7. The van der Waals surface area contributed by atoms with Crippen LogP contribution in [0.15, 0.2) is 54.6 Å². The number of ether oxygens (including phenoxy) is 3. The molecule has 10 nitrogen and oxygen atoms in total. The summed E-state index contributed by atoms with van der Waals surface area (Å²) in [7, 11) is 0. The van der Waals surface area contributed by atoms with Crippen LogP contribution in [0.1, 0.15) is 49.5 Å². The number of amides is 2. The molecule has 3 saturated heterocycles. The number of carbonyl (C=O) groups is 3. The third kappa shape index (κ3) is 6.87. The van der Waals surface area contributed by atoms with Crippen LogP contribution in [0.25, 0.3) is 0 Å². The zero-order chi connectivity index (χ0) is 29.7. The van der Waals surface area contributed by atoms with E-state index >= 15 is 0 Å². The summed E-state index contributed by atoms with van der Waals surface area (Å²) in [6.45, 7) is 11.3. The summed E-state index contributed by atoms with van der Waals surface area (Å²) < 4.78 is 16.5. The number of hydrogen-bond acceptors (Lipinski definition) is 8. The van der Waals surface area contributed by atoms with E-state index in [1.54, 1.807) is 11.0 Å². The molecule has 0 unspecified atom stereocenters. The molecule has 3 fully saturated rings. The van der Waals surface area contributed by atoms with Gasteiger partial charge < -0.3 is 28.9 Å². The summed E-state index contributed by atoms with van der Waals surface area (Å²) in [5.41, 5.74) is 0.974. The molecular formula is C32H42N4O6. The number of nitrogens with zero attached hydrogens (tertiary/aromatic N) is 4. The van der Waals surface area contributed by atoms with Crippen LogP contribution in [0.2, 0.25) is 0 Å². The van der Waals surface area contributed by atoms with Crippen LogP contribution < -0.4 is 4.90 Å². The van der Waals surface area contributed by atoms with Crippen molar-refractivity contribution in [3.63, 3.8) is 0 Å². The molecule has 2 aromatic carbocycles. The van der Waals surface area contributed by atoms with Crippen molar-refractivity contribution >= 4 is 23.7 Å². The van der Waals surface area contributed by atoms with Crippen molar-refractivity contribution in [1.82, 2.24) is 14.7 Å². The van der Waals surface area contributed by atoms with E-state index in [2.05, 4.69) is 9.80 Å². The molecule has 2 aromatic rings. The average molecular weight is 579 g/mol. The van der Waals surface area contributed by atoms with E-state index in [9.17, 15) is 14.4 Å². The first kappa shape index (κ1) is 29.8. The van der Waals surface area contributed by atoms with Gasteiger partial charge in [0.25, 0.3) is 0 Å². The first-order chi connectivity index (χ1) is 20.1. The number of hydrogen-bond donors (Lipinski definition) is 0. The van der Waals surface area contributed by atoms with Gasteiger partial charge in [-0.25, -0.2) is 9.59 Å². The second-order valence-electron chi connectivity index (χ2n) is 12.2. The third-order valence-corrected chi connectivity index (χ3v) is 8.10. The van der Waals surface area contributed by atoms with Gasteiger partial charge in [0.15, 0.2) is 0 Å². The van der Waals surface area contributed by atoms with Crippen LogP contribution in [0.5, 0.6) is 0 Å². The fraction of sp³-hybridized carbons (Fsp3) is 0.531. The zero-order valence-corrected chi connectivity index (χ0v) is 24.9. The lowest BCUT2D eigenvalue weighted by molar-refractivity contribution is -0.134. The molecule has 0 atom stereocenters. The van der Waals surface area contributed by atoms with E-state index in [4.69, 9.17) is 14.2 Å². The molecule has 10 heteroatoms. The second-order valence-corrected chi connectivity index (χ2v) is 12.2. The first-order valence-corrected chi connectivity index (χ1v) is 14.8. The number of morpholine rings is 1. The average Bonchev–Trinajstić information content (AvgIpc) is 3.24. The molecule has 1 spiro atoms. The van der Waals surface area contributed by atoms with Gasteiger partial charge >= 0.3 is 12.1 Å². The van der Waals surface area contributed by atoms with E-state index in [1.807, 2.05) is 74.2 Å². The smallest absolute Gasteiger partial charge is 0.410 e. The summed E-state index contributed by atoms with van der Waals surface area (Å²) in [6.07, 6.45) is 0.664. The van der Waals surface area contributed by atoms with Crippen molar-refractivity contribution in [3.05, 3.63) is 65.7 Å². The Morgan fingerprint density at radius 1 is 0.952 bits per heavy atom. The fourth-order valence-electron chi connectivity index (χ4n) is 5.90. The topological polar surface area (TPSA) is 91.9 Å². The number of esters is 1. The van der Waals surface area contributed by atoms with Gasteiger partial charge in [-0.15, -0.1) is 0 Å². The Balaban J connectivity index is 1.26. The van der Waals surface area contributed by atoms with Crippen LogP contribution >= 0.6 is 0 Å². The molecular weight excluding hydrogens is 536 g/mol. The van der Waals surface area contributed by atoms with Crippen LogP contribution in [-0.2, 0) is 25.5 Å². The number of anilines is 1. The molecule has 2 amide bonds. The molecule has 3 aliphatic rings. The number of likely N-dealkylation sites (tertiary alicyclic amines) is 1. The molecule has 0 aliphatic carbocycles. The van der Waals surface area contributed by atoms with Crippen molar-refractivity contribution in [2.24, 2.45) is 0 Å². The first-order valence-electron chi connectivity index (χ1n) is 14.8. The predicted octanol–water partition coefficient (Wildman–Crippen LogP) is 3.75. The molecule has 5 rings (SSSR count). The van der Waals surface area contributed by atoms with E-state index in [-0.39, 0.29) is 18.0 Å². The lowest BCUT2D eigenvalue weighted by atomic mass is 9.85. The van der Waals surface area contributed by atoms with Crippen LogP contribution in [0.4, 0.5) is 10.5 Å². The minimum absolute atomic E-state index is 0.0358. The monoisotopic (exact) mass is 578 g/mol. The summed E-state index contributed by atoms with van der Waals surface area (Å²) in [4.78, 5) is 47.6. The maximum absolute atomic E-state index is 14.1. The van der Waals surface area contributed by atoms with E-state index in [0.717, 1.165) is 24.3 Å². The lowest BCUT2D eigenvalue weighted by Crippen LogP contribution is -2.57. The Hall–Kier alpha value is -3.63. The van der Waals surface area contributed by atoms with E-state index in [0.29, 0.717) is 71.1 Å². The molecule has 0 aromatic heterocycles. The minimum Gasteiger partial charge on any atom is -0.461 e. The Morgan fingerprint density at radius 2 is 1.67 bits per heavy atom. The quantitative estimate of drug-likeness (QED) is 0.459. The summed E-state index contributed by atoms with van der Waals surface area (Å²) >= 11 is 0. The number of rotatable bonds is 7.